The third-order valence-electron chi connectivity index (χ3n) is 4.33. The van der Waals surface area contributed by atoms with Gasteiger partial charge in [0.1, 0.15) is 0 Å². The fourth-order valence-electron chi connectivity index (χ4n) is 3.03. The Bertz CT molecular complexity index is 218. The average molecular weight is 226 g/mol. The van der Waals surface area contributed by atoms with E-state index in [4.69, 9.17) is 5.73 Å². The first-order valence-corrected chi connectivity index (χ1v) is 6.86. The molecule has 2 aliphatic rings. The first-order valence-electron chi connectivity index (χ1n) is 6.86. The Morgan fingerprint density at radius 2 is 2.00 bits per heavy atom. The van der Waals surface area contributed by atoms with E-state index in [0.29, 0.717) is 12.0 Å². The van der Waals surface area contributed by atoms with E-state index in [1.807, 2.05) is 0 Å². The third-order valence-corrected chi connectivity index (χ3v) is 4.33. The van der Waals surface area contributed by atoms with Gasteiger partial charge in [-0.15, -0.1) is 0 Å². The lowest BCUT2D eigenvalue weighted by Gasteiger charge is -2.37. The molecule has 0 aromatic heterocycles. The normalized spacial score (nSPS) is 32.1. The van der Waals surface area contributed by atoms with Crippen LogP contribution in [0, 0.1) is 5.92 Å². The molecule has 1 heterocycles. The Hall–Kier alpha value is -0.120. The summed E-state index contributed by atoms with van der Waals surface area (Å²) in [6.45, 7) is 3.63. The van der Waals surface area contributed by atoms with Gasteiger partial charge >= 0.3 is 0 Å². The predicted molar refractivity (Wildman–Crippen MR) is 66.2 cm³/mol. The monoisotopic (exact) mass is 226 g/mol. The Labute approximate surface area is 99.0 Å². The second kappa shape index (κ2) is 5.48. The number of hydrogen-bond acceptors (Lipinski definition) is 3. The Morgan fingerprint density at radius 3 is 2.62 bits per heavy atom. The molecule has 1 saturated heterocycles. The molecule has 1 aliphatic carbocycles. The molecule has 94 valence electrons. The van der Waals surface area contributed by atoms with Crippen molar-refractivity contribution < 1.29 is 5.11 Å². The molecule has 0 aromatic rings. The van der Waals surface area contributed by atoms with Crippen molar-refractivity contribution in [3.05, 3.63) is 0 Å². The van der Waals surface area contributed by atoms with E-state index in [-0.39, 0.29) is 18.7 Å². The maximum atomic E-state index is 9.61. The number of likely N-dealkylation sites (tertiary alicyclic amines) is 1. The fraction of sp³-hybridized carbons (Fsp3) is 1.00. The molecule has 0 bridgehead atoms. The Morgan fingerprint density at radius 1 is 1.25 bits per heavy atom. The van der Waals surface area contributed by atoms with Crippen LogP contribution in [0.5, 0.6) is 0 Å². The van der Waals surface area contributed by atoms with Crippen LogP contribution < -0.4 is 5.73 Å². The highest BCUT2D eigenvalue weighted by molar-refractivity contribution is 4.94. The number of nitrogens with two attached hydrogens (primary N) is 1. The van der Waals surface area contributed by atoms with Gasteiger partial charge in [-0.05, 0) is 45.1 Å². The van der Waals surface area contributed by atoms with Gasteiger partial charge in [-0.3, -0.25) is 4.90 Å². The van der Waals surface area contributed by atoms with E-state index in [2.05, 4.69) is 11.8 Å². The molecule has 3 atom stereocenters. The van der Waals surface area contributed by atoms with Gasteiger partial charge in [0.15, 0.2) is 0 Å². The highest BCUT2D eigenvalue weighted by atomic mass is 16.3. The van der Waals surface area contributed by atoms with Gasteiger partial charge in [0.25, 0.3) is 0 Å². The highest BCUT2D eigenvalue weighted by Gasteiger charge is 2.37. The SMILES string of the molecule is CC1CCCCCN1C(CO)C(N)C1CC1. The third kappa shape index (κ3) is 2.76. The second-order valence-corrected chi connectivity index (χ2v) is 5.60. The van der Waals surface area contributed by atoms with Gasteiger partial charge < -0.3 is 10.8 Å². The van der Waals surface area contributed by atoms with E-state index in [1.54, 1.807) is 0 Å². The van der Waals surface area contributed by atoms with Gasteiger partial charge in [0.05, 0.1) is 6.61 Å². The molecule has 0 radical (unpaired) electrons. The molecule has 0 spiro atoms. The van der Waals surface area contributed by atoms with Gasteiger partial charge in [-0.25, -0.2) is 0 Å². The van der Waals surface area contributed by atoms with Gasteiger partial charge in [0, 0.05) is 18.1 Å². The fourth-order valence-corrected chi connectivity index (χ4v) is 3.03. The molecule has 3 heteroatoms. The number of rotatable bonds is 4. The molecule has 0 aromatic carbocycles. The zero-order valence-corrected chi connectivity index (χ0v) is 10.4. The molecule has 16 heavy (non-hydrogen) atoms. The lowest BCUT2D eigenvalue weighted by Crippen LogP contribution is -2.54. The summed E-state index contributed by atoms with van der Waals surface area (Å²) in [4.78, 5) is 2.47. The maximum Gasteiger partial charge on any atom is 0.0602 e. The summed E-state index contributed by atoms with van der Waals surface area (Å²) in [7, 11) is 0. The van der Waals surface area contributed by atoms with Gasteiger partial charge in [-0.2, -0.15) is 0 Å². The van der Waals surface area contributed by atoms with Crippen LogP contribution in [0.25, 0.3) is 0 Å². The molecule has 0 amide bonds. The molecular formula is C13H26N2O. The van der Waals surface area contributed by atoms with Crippen molar-refractivity contribution in [2.24, 2.45) is 11.7 Å². The van der Waals surface area contributed by atoms with Crippen molar-refractivity contribution in [3.63, 3.8) is 0 Å². The van der Waals surface area contributed by atoms with Crippen LogP contribution in [0.1, 0.15) is 45.4 Å². The summed E-state index contributed by atoms with van der Waals surface area (Å²) < 4.78 is 0. The van der Waals surface area contributed by atoms with Gasteiger partial charge in [-0.1, -0.05) is 12.8 Å². The largest absolute Gasteiger partial charge is 0.395 e. The first-order chi connectivity index (χ1) is 7.74. The summed E-state index contributed by atoms with van der Waals surface area (Å²) in [6, 6.07) is 0.968. The molecule has 2 rings (SSSR count). The van der Waals surface area contributed by atoms with E-state index in [9.17, 15) is 5.11 Å². The van der Waals surface area contributed by atoms with Crippen LogP contribution in [0.15, 0.2) is 0 Å². The van der Waals surface area contributed by atoms with Crippen LogP contribution in [0.2, 0.25) is 0 Å². The zero-order chi connectivity index (χ0) is 11.5. The predicted octanol–water partition coefficient (Wildman–Crippen LogP) is 1.35. The van der Waals surface area contributed by atoms with Crippen molar-refractivity contribution >= 4 is 0 Å². The summed E-state index contributed by atoms with van der Waals surface area (Å²) in [5.41, 5.74) is 6.28. The quantitative estimate of drug-likeness (QED) is 0.761. The lowest BCUT2D eigenvalue weighted by molar-refractivity contribution is 0.0699. The van der Waals surface area contributed by atoms with Crippen LogP contribution in [-0.4, -0.2) is 41.3 Å². The Balaban J connectivity index is 1.99. The number of hydrogen-bond donors (Lipinski definition) is 2. The van der Waals surface area contributed by atoms with Crippen molar-refractivity contribution in [1.29, 1.82) is 0 Å². The van der Waals surface area contributed by atoms with Crippen LogP contribution >= 0.6 is 0 Å². The van der Waals surface area contributed by atoms with Crippen LogP contribution in [0.3, 0.4) is 0 Å². The molecule has 3 unspecified atom stereocenters. The molecule has 2 fully saturated rings. The highest BCUT2D eigenvalue weighted by Crippen LogP contribution is 2.35. The van der Waals surface area contributed by atoms with Gasteiger partial charge in [0.2, 0.25) is 0 Å². The Kier molecular flexibility index (Phi) is 4.22. The van der Waals surface area contributed by atoms with Crippen LogP contribution in [0.4, 0.5) is 0 Å². The molecule has 3 nitrogen and oxygen atoms in total. The summed E-state index contributed by atoms with van der Waals surface area (Å²) in [6.07, 6.45) is 7.71. The van der Waals surface area contributed by atoms with Crippen molar-refractivity contribution in [2.45, 2.75) is 63.6 Å². The smallest absolute Gasteiger partial charge is 0.0602 e. The van der Waals surface area contributed by atoms with Crippen molar-refractivity contribution in [1.82, 2.24) is 4.90 Å². The average Bonchev–Trinajstić information content (AvgIpc) is 3.08. The molecular weight excluding hydrogens is 200 g/mol. The lowest BCUT2D eigenvalue weighted by atomic mass is 10.0. The zero-order valence-electron chi connectivity index (χ0n) is 10.4. The van der Waals surface area contributed by atoms with Crippen molar-refractivity contribution in [3.8, 4) is 0 Å². The minimum absolute atomic E-state index is 0.186. The summed E-state index contributed by atoms with van der Waals surface area (Å²) in [5.74, 6) is 0.674. The van der Waals surface area contributed by atoms with E-state index in [0.717, 1.165) is 6.54 Å². The molecule has 1 saturated carbocycles. The first kappa shape index (κ1) is 12.3. The summed E-state index contributed by atoms with van der Waals surface area (Å²) >= 11 is 0. The minimum Gasteiger partial charge on any atom is -0.395 e. The minimum atomic E-state index is 0.186. The van der Waals surface area contributed by atoms with E-state index < -0.39 is 0 Å². The second-order valence-electron chi connectivity index (χ2n) is 5.60. The molecule has 1 aliphatic heterocycles. The standard InChI is InChI=1S/C13H26N2O/c1-10-5-3-2-4-8-15(10)12(9-16)13(14)11-6-7-11/h10-13,16H,2-9,14H2,1H3. The number of aliphatic hydroxyl groups is 1. The maximum absolute atomic E-state index is 9.61. The van der Waals surface area contributed by atoms with E-state index in [1.165, 1.54) is 38.5 Å². The number of aliphatic hydroxyl groups excluding tert-OH is 1. The van der Waals surface area contributed by atoms with Crippen molar-refractivity contribution in [2.75, 3.05) is 13.2 Å². The topological polar surface area (TPSA) is 49.5 Å². The number of nitrogens with zero attached hydrogens (tertiary/aromatic N) is 1. The molecule has 3 N–H and O–H groups in total. The van der Waals surface area contributed by atoms with Crippen LogP contribution in [-0.2, 0) is 0 Å². The summed E-state index contributed by atoms with van der Waals surface area (Å²) in [5, 5.41) is 9.61. The van der Waals surface area contributed by atoms with E-state index >= 15 is 0 Å².